The maximum absolute atomic E-state index is 12.5. The third kappa shape index (κ3) is 4.37. The molecule has 0 aliphatic carbocycles. The van der Waals surface area contributed by atoms with Gasteiger partial charge in [0.05, 0.1) is 4.90 Å². The number of carbonyl (C=O) groups excluding carboxylic acids is 1. The lowest BCUT2D eigenvalue weighted by atomic mass is 10.1. The fraction of sp³-hybridized carbons (Fsp3) is 0.0952. The fourth-order valence-electron chi connectivity index (χ4n) is 2.61. The normalized spacial score (nSPS) is 11.1. The maximum Gasteiger partial charge on any atom is 0.261 e. The molecule has 3 rings (SSSR count). The molecule has 26 heavy (non-hydrogen) atoms. The van der Waals surface area contributed by atoms with Crippen LogP contribution >= 0.6 is 0 Å². The molecule has 0 amide bonds. The molecule has 3 aromatic rings. The monoisotopic (exact) mass is 365 g/mol. The molecule has 1 N–H and O–H groups in total. The summed E-state index contributed by atoms with van der Waals surface area (Å²) in [7, 11) is -3.69. The zero-order valence-corrected chi connectivity index (χ0v) is 15.2. The minimum absolute atomic E-state index is 0.101. The fourth-order valence-corrected chi connectivity index (χ4v) is 3.66. The van der Waals surface area contributed by atoms with Crippen LogP contribution in [0.3, 0.4) is 0 Å². The second-order valence-electron chi connectivity index (χ2n) is 6.05. The number of ketones is 1. The molecule has 0 fully saturated rings. The molecule has 0 atom stereocenters. The van der Waals surface area contributed by atoms with Crippen LogP contribution in [0.4, 0.5) is 5.69 Å². The number of carbonyl (C=O) groups is 1. The van der Waals surface area contributed by atoms with Crippen LogP contribution in [0.5, 0.6) is 0 Å². The molecule has 4 nitrogen and oxygen atoms in total. The first-order valence-electron chi connectivity index (χ1n) is 8.21. The van der Waals surface area contributed by atoms with Crippen LogP contribution < -0.4 is 4.72 Å². The summed E-state index contributed by atoms with van der Waals surface area (Å²) < 4.78 is 27.5. The van der Waals surface area contributed by atoms with Gasteiger partial charge < -0.3 is 0 Å². The van der Waals surface area contributed by atoms with Gasteiger partial charge in [-0.25, -0.2) is 8.42 Å². The van der Waals surface area contributed by atoms with Crippen molar-refractivity contribution >= 4 is 21.5 Å². The summed E-state index contributed by atoms with van der Waals surface area (Å²) in [5.41, 5.74) is 3.28. The Morgan fingerprint density at radius 2 is 1.38 bits per heavy atom. The summed E-state index contributed by atoms with van der Waals surface area (Å²) in [6.45, 7) is 1.44. The Hall–Kier alpha value is -2.92. The molecule has 0 aliphatic heterocycles. The first-order chi connectivity index (χ1) is 12.4. The Bertz CT molecular complexity index is 993. The Morgan fingerprint density at radius 1 is 0.808 bits per heavy atom. The number of rotatable bonds is 6. The van der Waals surface area contributed by atoms with Crippen molar-refractivity contribution in [1.29, 1.82) is 0 Å². The predicted octanol–water partition coefficient (Wildman–Crippen LogP) is 4.28. The van der Waals surface area contributed by atoms with Crippen molar-refractivity contribution in [2.24, 2.45) is 0 Å². The van der Waals surface area contributed by atoms with Gasteiger partial charge in [0.15, 0.2) is 5.78 Å². The molecular weight excluding hydrogens is 346 g/mol. The van der Waals surface area contributed by atoms with Gasteiger partial charge in [0.2, 0.25) is 0 Å². The number of nitrogens with one attached hydrogen (secondary N) is 1. The number of hydrogen-bond acceptors (Lipinski definition) is 3. The quantitative estimate of drug-likeness (QED) is 0.663. The molecule has 0 aliphatic rings. The second kappa shape index (κ2) is 7.54. The first-order valence-corrected chi connectivity index (χ1v) is 9.69. The van der Waals surface area contributed by atoms with Gasteiger partial charge >= 0.3 is 0 Å². The standard InChI is InChI=1S/C21H19NO3S/c1-16(23)19-9-13-21(14-10-19)26(24,25)22-20-11-7-18(8-12-20)15-17-5-3-2-4-6-17/h2-14,22H,15H2,1H3. The van der Waals surface area contributed by atoms with E-state index in [4.69, 9.17) is 0 Å². The van der Waals surface area contributed by atoms with E-state index in [1.54, 1.807) is 12.1 Å². The van der Waals surface area contributed by atoms with E-state index >= 15 is 0 Å². The largest absolute Gasteiger partial charge is 0.295 e. The molecule has 0 saturated heterocycles. The van der Waals surface area contributed by atoms with E-state index in [9.17, 15) is 13.2 Å². The SMILES string of the molecule is CC(=O)c1ccc(S(=O)(=O)Nc2ccc(Cc3ccccc3)cc2)cc1. The molecule has 5 heteroatoms. The molecule has 0 aromatic heterocycles. The van der Waals surface area contributed by atoms with Crippen molar-refractivity contribution in [3.8, 4) is 0 Å². The van der Waals surface area contributed by atoms with Crippen LogP contribution in [-0.2, 0) is 16.4 Å². The molecule has 0 bridgehead atoms. The Balaban J connectivity index is 1.72. The molecule has 0 saturated carbocycles. The average Bonchev–Trinajstić information content (AvgIpc) is 2.64. The third-order valence-electron chi connectivity index (χ3n) is 4.03. The zero-order chi connectivity index (χ0) is 18.6. The highest BCUT2D eigenvalue weighted by molar-refractivity contribution is 7.92. The Kier molecular flexibility index (Phi) is 5.19. The van der Waals surface area contributed by atoms with E-state index in [0.717, 1.165) is 12.0 Å². The molecule has 132 valence electrons. The first kappa shape index (κ1) is 17.9. The van der Waals surface area contributed by atoms with Gasteiger partial charge in [0, 0.05) is 11.3 Å². The van der Waals surface area contributed by atoms with Crippen LogP contribution in [0.2, 0.25) is 0 Å². The van der Waals surface area contributed by atoms with Crippen molar-refractivity contribution in [3.05, 3.63) is 95.6 Å². The van der Waals surface area contributed by atoms with Crippen LogP contribution in [0.1, 0.15) is 28.4 Å². The minimum Gasteiger partial charge on any atom is -0.295 e. The third-order valence-corrected chi connectivity index (χ3v) is 5.43. The van der Waals surface area contributed by atoms with Gasteiger partial charge in [-0.2, -0.15) is 0 Å². The molecule has 0 spiro atoms. The predicted molar refractivity (Wildman–Crippen MR) is 103 cm³/mol. The van der Waals surface area contributed by atoms with Crippen LogP contribution in [0.25, 0.3) is 0 Å². The lowest BCUT2D eigenvalue weighted by Crippen LogP contribution is -2.13. The highest BCUT2D eigenvalue weighted by atomic mass is 32.2. The molecule has 0 radical (unpaired) electrons. The van der Waals surface area contributed by atoms with Gasteiger partial charge in [-0.15, -0.1) is 0 Å². The smallest absolute Gasteiger partial charge is 0.261 e. The van der Waals surface area contributed by atoms with Crippen molar-refractivity contribution in [1.82, 2.24) is 0 Å². The van der Waals surface area contributed by atoms with Crippen molar-refractivity contribution in [2.75, 3.05) is 4.72 Å². The van der Waals surface area contributed by atoms with Crippen molar-refractivity contribution in [3.63, 3.8) is 0 Å². The topological polar surface area (TPSA) is 63.2 Å². The van der Waals surface area contributed by atoms with Crippen LogP contribution in [0.15, 0.2) is 83.8 Å². The zero-order valence-electron chi connectivity index (χ0n) is 14.3. The van der Waals surface area contributed by atoms with Gasteiger partial charge in [-0.05, 0) is 48.7 Å². The minimum atomic E-state index is -3.69. The highest BCUT2D eigenvalue weighted by Gasteiger charge is 2.14. The van der Waals surface area contributed by atoms with Crippen LogP contribution in [0, 0.1) is 0 Å². The lowest BCUT2D eigenvalue weighted by molar-refractivity contribution is 0.101. The maximum atomic E-state index is 12.5. The van der Waals surface area contributed by atoms with E-state index in [1.807, 2.05) is 30.3 Å². The summed E-state index contributed by atoms with van der Waals surface area (Å²) in [6.07, 6.45) is 0.792. The highest BCUT2D eigenvalue weighted by Crippen LogP contribution is 2.18. The van der Waals surface area contributed by atoms with E-state index in [0.29, 0.717) is 11.3 Å². The summed E-state index contributed by atoms with van der Waals surface area (Å²) in [6, 6.07) is 23.3. The summed E-state index contributed by atoms with van der Waals surface area (Å²) in [4.78, 5) is 11.4. The lowest BCUT2D eigenvalue weighted by Gasteiger charge is -2.09. The van der Waals surface area contributed by atoms with Crippen molar-refractivity contribution in [2.45, 2.75) is 18.2 Å². The number of Topliss-reactive ketones (excluding diaryl/α,β-unsaturated/α-hetero) is 1. The molecule has 0 unspecified atom stereocenters. The van der Waals surface area contributed by atoms with E-state index < -0.39 is 10.0 Å². The van der Waals surface area contributed by atoms with E-state index in [1.165, 1.54) is 36.8 Å². The molecule has 0 heterocycles. The van der Waals surface area contributed by atoms with Gasteiger partial charge in [0.1, 0.15) is 0 Å². The van der Waals surface area contributed by atoms with E-state index in [2.05, 4.69) is 16.9 Å². The summed E-state index contributed by atoms with van der Waals surface area (Å²) in [5, 5.41) is 0. The molecule has 3 aromatic carbocycles. The summed E-state index contributed by atoms with van der Waals surface area (Å²) >= 11 is 0. The van der Waals surface area contributed by atoms with Gasteiger partial charge in [-0.3, -0.25) is 9.52 Å². The second-order valence-corrected chi connectivity index (χ2v) is 7.73. The Morgan fingerprint density at radius 3 is 1.96 bits per heavy atom. The van der Waals surface area contributed by atoms with Crippen molar-refractivity contribution < 1.29 is 13.2 Å². The van der Waals surface area contributed by atoms with Crippen LogP contribution in [-0.4, -0.2) is 14.2 Å². The van der Waals surface area contributed by atoms with Gasteiger partial charge in [0.25, 0.3) is 10.0 Å². The average molecular weight is 365 g/mol. The number of sulfonamides is 1. The Labute approximate surface area is 153 Å². The van der Waals surface area contributed by atoms with Gasteiger partial charge in [-0.1, -0.05) is 54.6 Å². The molecular formula is C21H19NO3S. The number of anilines is 1. The summed E-state index contributed by atoms with van der Waals surface area (Å²) in [5.74, 6) is -0.101. The van der Waals surface area contributed by atoms with E-state index in [-0.39, 0.29) is 10.7 Å². The number of benzene rings is 3. The number of hydrogen-bond donors (Lipinski definition) is 1.